The fourth-order valence-electron chi connectivity index (χ4n) is 3.53. The number of primary amides is 1. The van der Waals surface area contributed by atoms with Gasteiger partial charge in [-0.1, -0.05) is 6.07 Å². The number of nitrogens with two attached hydrogens (primary N) is 1. The van der Waals surface area contributed by atoms with E-state index in [9.17, 15) is 22.8 Å². The summed E-state index contributed by atoms with van der Waals surface area (Å²) >= 11 is 0. The van der Waals surface area contributed by atoms with Crippen LogP contribution in [-0.2, 0) is 19.6 Å². The minimum atomic E-state index is -3.68. The van der Waals surface area contributed by atoms with Crippen LogP contribution in [0.25, 0.3) is 5.69 Å². The fraction of sp³-hybridized carbons (Fsp3) is 0.316. The first kappa shape index (κ1) is 20.7. The van der Waals surface area contributed by atoms with E-state index < -0.39 is 33.8 Å². The van der Waals surface area contributed by atoms with E-state index in [1.54, 1.807) is 42.6 Å². The van der Waals surface area contributed by atoms with Crippen molar-refractivity contribution in [3.05, 3.63) is 59.0 Å². The van der Waals surface area contributed by atoms with Gasteiger partial charge in [0.2, 0.25) is 21.8 Å². The van der Waals surface area contributed by atoms with Crippen LogP contribution in [0.15, 0.2) is 53.5 Å². The van der Waals surface area contributed by atoms with Crippen LogP contribution in [0.3, 0.4) is 0 Å². The molecule has 1 saturated heterocycles. The Morgan fingerprint density at radius 3 is 2.41 bits per heavy atom. The van der Waals surface area contributed by atoms with Crippen LogP contribution in [0.1, 0.15) is 12.8 Å². The number of aromatic nitrogens is 1. The highest BCUT2D eigenvalue weighted by molar-refractivity contribution is 7.88. The van der Waals surface area contributed by atoms with E-state index in [0.29, 0.717) is 24.2 Å². The van der Waals surface area contributed by atoms with Crippen molar-refractivity contribution in [2.75, 3.05) is 18.1 Å². The highest BCUT2D eigenvalue weighted by Gasteiger charge is 2.43. The van der Waals surface area contributed by atoms with E-state index in [1.165, 1.54) is 10.6 Å². The molecule has 2 amide bonds. The topological polar surface area (TPSA) is 132 Å². The second-order valence-electron chi connectivity index (χ2n) is 6.91. The summed E-state index contributed by atoms with van der Waals surface area (Å²) < 4.78 is 26.4. The van der Waals surface area contributed by atoms with E-state index in [4.69, 9.17) is 5.73 Å². The Kier molecular flexibility index (Phi) is 5.85. The number of carbonyl (C=O) groups is 2. The Balaban J connectivity index is 1.79. The maximum absolute atomic E-state index is 12.8. The zero-order valence-electron chi connectivity index (χ0n) is 15.8. The molecule has 3 rings (SSSR count). The van der Waals surface area contributed by atoms with Crippen LogP contribution >= 0.6 is 0 Å². The molecular formula is C19H22N4O5S. The standard InChI is InChI=1S/C19H22N4O5S/c1-29(27,28)23-12-4-5-15(17(23)18(20)25)19(26)21-13-7-9-14(10-8-13)22-11-3-2-6-16(22)24/h2-3,6-11,15,17H,4-5,12H2,1H3,(H2,20,25)(H,21,26). The molecule has 0 radical (unpaired) electrons. The predicted molar refractivity (Wildman–Crippen MR) is 108 cm³/mol. The Labute approximate surface area is 168 Å². The molecule has 2 aromatic rings. The third-order valence-corrected chi connectivity index (χ3v) is 6.14. The van der Waals surface area contributed by atoms with E-state index in [2.05, 4.69) is 5.32 Å². The van der Waals surface area contributed by atoms with E-state index >= 15 is 0 Å². The molecule has 1 aromatic heterocycles. The number of carbonyl (C=O) groups excluding carboxylic acids is 2. The third-order valence-electron chi connectivity index (χ3n) is 4.87. The molecule has 2 atom stereocenters. The van der Waals surface area contributed by atoms with Crippen LogP contribution in [0.4, 0.5) is 5.69 Å². The summed E-state index contributed by atoms with van der Waals surface area (Å²) in [5.74, 6) is -2.21. The lowest BCUT2D eigenvalue weighted by Gasteiger charge is -2.36. The quantitative estimate of drug-likeness (QED) is 0.721. The molecule has 3 N–H and O–H groups in total. The molecule has 0 bridgehead atoms. The van der Waals surface area contributed by atoms with Gasteiger partial charge in [-0.15, -0.1) is 0 Å². The molecule has 9 nitrogen and oxygen atoms in total. The van der Waals surface area contributed by atoms with Crippen molar-refractivity contribution in [2.24, 2.45) is 11.7 Å². The van der Waals surface area contributed by atoms with Crippen LogP contribution in [0.2, 0.25) is 0 Å². The fourth-order valence-corrected chi connectivity index (χ4v) is 4.66. The number of pyridine rings is 1. The van der Waals surface area contributed by atoms with Gasteiger partial charge in [0.25, 0.3) is 5.56 Å². The van der Waals surface area contributed by atoms with E-state index in [1.807, 2.05) is 0 Å². The van der Waals surface area contributed by atoms with Gasteiger partial charge in [0.15, 0.2) is 0 Å². The first-order valence-electron chi connectivity index (χ1n) is 9.03. The van der Waals surface area contributed by atoms with E-state index in [-0.39, 0.29) is 12.1 Å². The number of benzene rings is 1. The zero-order valence-corrected chi connectivity index (χ0v) is 16.6. The van der Waals surface area contributed by atoms with Gasteiger partial charge in [-0.2, -0.15) is 4.31 Å². The van der Waals surface area contributed by atoms with E-state index in [0.717, 1.165) is 10.6 Å². The number of hydrogen-bond donors (Lipinski definition) is 2. The highest BCUT2D eigenvalue weighted by atomic mass is 32.2. The maximum Gasteiger partial charge on any atom is 0.255 e. The van der Waals surface area contributed by atoms with Gasteiger partial charge in [-0.05, 0) is 43.2 Å². The molecule has 1 aliphatic rings. The predicted octanol–water partition coefficient (Wildman–Crippen LogP) is 0.302. The van der Waals surface area contributed by atoms with Gasteiger partial charge >= 0.3 is 0 Å². The number of nitrogens with one attached hydrogen (secondary N) is 1. The number of sulfonamides is 1. The lowest BCUT2D eigenvalue weighted by Crippen LogP contribution is -2.57. The Bertz CT molecular complexity index is 1080. The summed E-state index contributed by atoms with van der Waals surface area (Å²) in [4.78, 5) is 36.6. The van der Waals surface area contributed by atoms with Gasteiger partial charge in [0.05, 0.1) is 12.2 Å². The molecule has 1 aliphatic heterocycles. The molecule has 29 heavy (non-hydrogen) atoms. The summed E-state index contributed by atoms with van der Waals surface area (Å²) in [7, 11) is -3.68. The number of rotatable bonds is 5. The first-order valence-corrected chi connectivity index (χ1v) is 10.9. The number of amides is 2. The van der Waals surface area contributed by atoms with Crippen molar-refractivity contribution >= 4 is 27.5 Å². The molecule has 0 saturated carbocycles. The normalized spacial score (nSPS) is 20.2. The summed E-state index contributed by atoms with van der Waals surface area (Å²) in [6.07, 6.45) is 3.43. The minimum Gasteiger partial charge on any atom is -0.368 e. The number of nitrogens with zero attached hydrogens (tertiary/aromatic N) is 2. The highest BCUT2D eigenvalue weighted by Crippen LogP contribution is 2.27. The van der Waals surface area contributed by atoms with Crippen molar-refractivity contribution in [1.82, 2.24) is 8.87 Å². The van der Waals surface area contributed by atoms with Crippen molar-refractivity contribution in [2.45, 2.75) is 18.9 Å². The SMILES string of the molecule is CS(=O)(=O)N1CCCC(C(=O)Nc2ccc(-n3ccccc3=O)cc2)C1C(N)=O. The Morgan fingerprint density at radius 2 is 1.83 bits per heavy atom. The number of anilines is 1. The Morgan fingerprint density at radius 1 is 1.14 bits per heavy atom. The van der Waals surface area contributed by atoms with Crippen molar-refractivity contribution in [3.63, 3.8) is 0 Å². The maximum atomic E-state index is 12.8. The zero-order chi connectivity index (χ0) is 21.2. The smallest absolute Gasteiger partial charge is 0.255 e. The largest absolute Gasteiger partial charge is 0.368 e. The number of piperidine rings is 1. The van der Waals surface area contributed by atoms with Gasteiger partial charge in [-0.25, -0.2) is 8.42 Å². The summed E-state index contributed by atoms with van der Waals surface area (Å²) in [5, 5.41) is 2.71. The molecule has 2 unspecified atom stereocenters. The van der Waals surface area contributed by atoms with Gasteiger partial charge in [0.1, 0.15) is 6.04 Å². The summed E-state index contributed by atoms with van der Waals surface area (Å²) in [6, 6.07) is 10.2. The Hall–Kier alpha value is -2.98. The molecule has 10 heteroatoms. The summed E-state index contributed by atoms with van der Waals surface area (Å²) in [5.41, 5.74) is 6.32. The average Bonchev–Trinajstić information content (AvgIpc) is 2.67. The molecule has 1 aromatic carbocycles. The molecule has 154 valence electrons. The van der Waals surface area contributed by atoms with Crippen LogP contribution in [0, 0.1) is 5.92 Å². The molecular weight excluding hydrogens is 396 g/mol. The van der Waals surface area contributed by atoms with Crippen LogP contribution in [0.5, 0.6) is 0 Å². The van der Waals surface area contributed by atoms with Crippen molar-refractivity contribution < 1.29 is 18.0 Å². The second kappa shape index (κ2) is 8.18. The lowest BCUT2D eigenvalue weighted by atomic mass is 9.89. The van der Waals surface area contributed by atoms with Gasteiger partial charge in [-0.3, -0.25) is 19.0 Å². The third kappa shape index (κ3) is 4.54. The average molecular weight is 418 g/mol. The molecule has 1 fully saturated rings. The van der Waals surface area contributed by atoms with Crippen LogP contribution in [-0.4, -0.2) is 47.9 Å². The van der Waals surface area contributed by atoms with Gasteiger partial charge in [0, 0.05) is 30.2 Å². The summed E-state index contributed by atoms with van der Waals surface area (Å²) in [6.45, 7) is 0.150. The van der Waals surface area contributed by atoms with Crippen LogP contribution < -0.4 is 16.6 Å². The van der Waals surface area contributed by atoms with Gasteiger partial charge < -0.3 is 11.1 Å². The number of hydrogen-bond acceptors (Lipinski definition) is 5. The van der Waals surface area contributed by atoms with Crippen molar-refractivity contribution in [1.29, 1.82) is 0 Å². The molecule has 0 spiro atoms. The second-order valence-corrected chi connectivity index (χ2v) is 8.85. The molecule has 0 aliphatic carbocycles. The van der Waals surface area contributed by atoms with Crippen molar-refractivity contribution in [3.8, 4) is 5.69 Å². The lowest BCUT2D eigenvalue weighted by molar-refractivity contribution is -0.131. The first-order chi connectivity index (χ1) is 13.7. The minimum absolute atomic E-state index is 0.150. The monoisotopic (exact) mass is 418 g/mol. The molecule has 2 heterocycles.